The van der Waals surface area contributed by atoms with Crippen LogP contribution in [0.15, 0.2) is 27.8 Å². The van der Waals surface area contributed by atoms with Gasteiger partial charge in [-0.2, -0.15) is 9.40 Å². The molecule has 1 atom stereocenters. The van der Waals surface area contributed by atoms with Crippen molar-refractivity contribution in [2.45, 2.75) is 24.0 Å². The van der Waals surface area contributed by atoms with Gasteiger partial charge in [0.05, 0.1) is 11.6 Å². The highest BCUT2D eigenvalue weighted by Gasteiger charge is 2.34. The van der Waals surface area contributed by atoms with E-state index in [4.69, 9.17) is 0 Å². The lowest BCUT2D eigenvalue weighted by Gasteiger charge is -2.30. The van der Waals surface area contributed by atoms with Gasteiger partial charge in [0.25, 0.3) is 10.0 Å². The number of amides is 1. The number of hydrogen-bond acceptors (Lipinski definition) is 5. The maximum absolute atomic E-state index is 12.6. The molecule has 0 radical (unpaired) electrons. The lowest BCUT2D eigenvalue weighted by Crippen LogP contribution is -2.43. The number of sulfonamides is 1. The first kappa shape index (κ1) is 17.1. The van der Waals surface area contributed by atoms with E-state index in [9.17, 15) is 13.2 Å². The van der Waals surface area contributed by atoms with Crippen molar-refractivity contribution < 1.29 is 13.2 Å². The summed E-state index contributed by atoms with van der Waals surface area (Å²) in [4.78, 5) is 12.5. The van der Waals surface area contributed by atoms with Crippen molar-refractivity contribution in [3.8, 4) is 0 Å². The fourth-order valence-corrected chi connectivity index (χ4v) is 5.54. The Bertz CT molecular complexity index is 827. The molecule has 0 saturated carbocycles. The van der Waals surface area contributed by atoms with E-state index >= 15 is 0 Å². The summed E-state index contributed by atoms with van der Waals surface area (Å²) in [6.07, 6.45) is 1.35. The van der Waals surface area contributed by atoms with Gasteiger partial charge in [0.1, 0.15) is 10.0 Å². The van der Waals surface area contributed by atoms with Gasteiger partial charge in [-0.05, 0) is 31.2 Å². The molecule has 0 bridgehead atoms. The normalized spacial score (nSPS) is 19.3. The molecule has 1 aliphatic rings. The maximum Gasteiger partial charge on any atom is 0.252 e. The van der Waals surface area contributed by atoms with Crippen LogP contribution < -0.4 is 5.32 Å². The summed E-state index contributed by atoms with van der Waals surface area (Å²) in [5.41, 5.74) is 0.818. The van der Waals surface area contributed by atoms with E-state index in [1.54, 1.807) is 35.3 Å². The number of rotatable bonds is 4. The van der Waals surface area contributed by atoms with Crippen LogP contribution in [0.2, 0.25) is 0 Å². The minimum atomic E-state index is -3.51. The van der Waals surface area contributed by atoms with E-state index in [1.807, 2.05) is 6.92 Å². The lowest BCUT2D eigenvalue weighted by molar-refractivity contribution is -0.120. The van der Waals surface area contributed by atoms with Gasteiger partial charge in [0.15, 0.2) is 0 Å². The molecule has 1 aliphatic heterocycles. The van der Waals surface area contributed by atoms with Gasteiger partial charge in [0.2, 0.25) is 5.91 Å². The predicted octanol–water partition coefficient (Wildman–Crippen LogP) is 1.83. The molecule has 0 aliphatic carbocycles. The number of carbonyl (C=O) groups is 1. The van der Waals surface area contributed by atoms with Crippen molar-refractivity contribution in [3.05, 3.63) is 29.3 Å². The molecule has 1 N–H and O–H groups in total. The first-order valence-corrected chi connectivity index (χ1v) is 10.0. The molecule has 7 nitrogen and oxygen atoms in total. The second kappa shape index (κ2) is 6.66. The van der Waals surface area contributed by atoms with E-state index in [-0.39, 0.29) is 18.4 Å². The van der Waals surface area contributed by atoms with Gasteiger partial charge >= 0.3 is 0 Å². The monoisotopic (exact) mass is 368 g/mol. The average Bonchev–Trinajstić information content (AvgIpc) is 3.18. The first-order valence-electron chi connectivity index (χ1n) is 7.73. The summed E-state index contributed by atoms with van der Waals surface area (Å²) in [6.45, 7) is 2.52. The van der Waals surface area contributed by atoms with Gasteiger partial charge in [-0.1, -0.05) is 6.07 Å². The Labute approximate surface area is 145 Å². The number of aromatic nitrogens is 2. The van der Waals surface area contributed by atoms with Gasteiger partial charge in [-0.3, -0.25) is 9.48 Å². The SMILES string of the molecule is Cc1cc(NC(=O)[C@H]2CCCN(S(=O)(=O)c3cccs3)C2)n(C)n1. The van der Waals surface area contributed by atoms with Crippen molar-refractivity contribution in [2.24, 2.45) is 13.0 Å². The van der Waals surface area contributed by atoms with Crippen LogP contribution in [0.1, 0.15) is 18.5 Å². The van der Waals surface area contributed by atoms with E-state index in [0.29, 0.717) is 29.4 Å². The second-order valence-electron chi connectivity index (χ2n) is 5.92. The smallest absolute Gasteiger partial charge is 0.252 e. The highest BCUT2D eigenvalue weighted by molar-refractivity contribution is 7.91. The van der Waals surface area contributed by atoms with E-state index in [2.05, 4.69) is 10.4 Å². The minimum Gasteiger partial charge on any atom is -0.311 e. The fraction of sp³-hybridized carbons (Fsp3) is 0.467. The van der Waals surface area contributed by atoms with Gasteiger partial charge < -0.3 is 5.32 Å². The third-order valence-electron chi connectivity index (χ3n) is 4.10. The summed E-state index contributed by atoms with van der Waals surface area (Å²) in [6, 6.07) is 5.11. The molecule has 9 heteroatoms. The topological polar surface area (TPSA) is 84.3 Å². The maximum atomic E-state index is 12.6. The van der Waals surface area contributed by atoms with E-state index in [1.165, 1.54) is 15.6 Å². The first-order chi connectivity index (χ1) is 11.4. The number of carbonyl (C=O) groups excluding carboxylic acids is 1. The van der Waals surface area contributed by atoms with Gasteiger partial charge in [-0.15, -0.1) is 11.3 Å². The van der Waals surface area contributed by atoms with Crippen molar-refractivity contribution in [1.82, 2.24) is 14.1 Å². The Morgan fingerprint density at radius 3 is 2.88 bits per heavy atom. The molecule has 0 aromatic carbocycles. The summed E-state index contributed by atoms with van der Waals surface area (Å²) >= 11 is 1.20. The number of aryl methyl sites for hydroxylation is 2. The molecule has 1 amide bonds. The zero-order valence-corrected chi connectivity index (χ0v) is 15.2. The van der Waals surface area contributed by atoms with Crippen molar-refractivity contribution in [1.29, 1.82) is 0 Å². The van der Waals surface area contributed by atoms with Gasteiger partial charge in [0, 0.05) is 26.2 Å². The summed E-state index contributed by atoms with van der Waals surface area (Å²) in [7, 11) is -1.75. The zero-order valence-electron chi connectivity index (χ0n) is 13.6. The number of thiophene rings is 1. The highest BCUT2D eigenvalue weighted by atomic mass is 32.2. The highest BCUT2D eigenvalue weighted by Crippen LogP contribution is 2.27. The van der Waals surface area contributed by atoms with Crippen molar-refractivity contribution in [3.63, 3.8) is 0 Å². The molecular formula is C15H20N4O3S2. The summed E-state index contributed by atoms with van der Waals surface area (Å²) in [5.74, 6) is 0.100. The molecule has 2 aromatic heterocycles. The molecule has 0 spiro atoms. The fourth-order valence-electron chi connectivity index (χ4n) is 2.87. The molecule has 0 unspecified atom stereocenters. The average molecular weight is 368 g/mol. The Kier molecular flexibility index (Phi) is 4.75. The van der Waals surface area contributed by atoms with Crippen molar-refractivity contribution >= 4 is 33.1 Å². The molecule has 2 aromatic rings. The Morgan fingerprint density at radius 2 is 2.25 bits per heavy atom. The second-order valence-corrected chi connectivity index (χ2v) is 9.03. The molecule has 130 valence electrons. The predicted molar refractivity (Wildman–Crippen MR) is 92.4 cm³/mol. The molecular weight excluding hydrogens is 348 g/mol. The quantitative estimate of drug-likeness (QED) is 0.892. The Morgan fingerprint density at radius 1 is 1.46 bits per heavy atom. The number of anilines is 1. The van der Waals surface area contributed by atoms with Crippen LogP contribution in [-0.2, 0) is 21.9 Å². The van der Waals surface area contributed by atoms with Crippen LogP contribution in [0.5, 0.6) is 0 Å². The van der Waals surface area contributed by atoms with Crippen molar-refractivity contribution in [2.75, 3.05) is 18.4 Å². The van der Waals surface area contributed by atoms with Crippen LogP contribution in [-0.4, -0.2) is 41.5 Å². The standard InChI is InChI=1S/C15H20N4O3S2/c1-11-9-13(18(2)17-11)16-15(20)12-5-3-7-19(10-12)24(21,22)14-6-4-8-23-14/h4,6,8-9,12H,3,5,7,10H2,1-2H3,(H,16,20)/t12-/m0/s1. The van der Waals surface area contributed by atoms with Gasteiger partial charge in [-0.25, -0.2) is 8.42 Å². The zero-order chi connectivity index (χ0) is 17.3. The van der Waals surface area contributed by atoms with Crippen LogP contribution in [0.3, 0.4) is 0 Å². The number of hydrogen-bond donors (Lipinski definition) is 1. The number of nitrogens with one attached hydrogen (secondary N) is 1. The van der Waals surface area contributed by atoms with E-state index < -0.39 is 10.0 Å². The molecule has 3 rings (SSSR count). The number of piperidine rings is 1. The number of nitrogens with zero attached hydrogens (tertiary/aromatic N) is 3. The van der Waals surface area contributed by atoms with Crippen LogP contribution in [0, 0.1) is 12.8 Å². The Hall–Kier alpha value is -1.71. The summed E-state index contributed by atoms with van der Waals surface area (Å²) in [5, 5.41) is 8.79. The Balaban J connectivity index is 1.71. The minimum absolute atomic E-state index is 0.163. The van der Waals surface area contributed by atoms with E-state index in [0.717, 1.165) is 5.69 Å². The third-order valence-corrected chi connectivity index (χ3v) is 7.34. The van der Waals surface area contributed by atoms with Crippen LogP contribution in [0.4, 0.5) is 5.82 Å². The molecule has 24 heavy (non-hydrogen) atoms. The largest absolute Gasteiger partial charge is 0.311 e. The van der Waals surface area contributed by atoms with Crippen LogP contribution in [0.25, 0.3) is 0 Å². The molecule has 1 saturated heterocycles. The lowest BCUT2D eigenvalue weighted by atomic mass is 9.99. The molecule has 3 heterocycles. The molecule has 1 fully saturated rings. The third kappa shape index (κ3) is 3.38. The van der Waals surface area contributed by atoms with Crippen LogP contribution >= 0.6 is 11.3 Å². The summed E-state index contributed by atoms with van der Waals surface area (Å²) < 4.78 is 28.6.